The summed E-state index contributed by atoms with van der Waals surface area (Å²) in [6, 6.07) is 4.06. The van der Waals surface area contributed by atoms with Gasteiger partial charge in [0.15, 0.2) is 11.6 Å². The molecule has 9 nitrogen and oxygen atoms in total. The second kappa shape index (κ2) is 9.86. The van der Waals surface area contributed by atoms with Gasteiger partial charge in [-0.3, -0.25) is 14.5 Å². The zero-order valence-electron chi connectivity index (χ0n) is 18.9. The van der Waals surface area contributed by atoms with Crippen molar-refractivity contribution in [2.75, 3.05) is 38.1 Å². The van der Waals surface area contributed by atoms with Crippen LogP contribution < -0.4 is 20.5 Å². The maximum atomic E-state index is 15.2. The molecule has 1 amide bonds. The van der Waals surface area contributed by atoms with Gasteiger partial charge in [-0.2, -0.15) is 13.2 Å². The fraction of sp³-hybridized carbons (Fsp3) is 0.364. The number of rotatable bonds is 6. The van der Waals surface area contributed by atoms with E-state index < -0.39 is 29.8 Å². The van der Waals surface area contributed by atoms with Crippen LogP contribution in [0.2, 0.25) is 0 Å². The molecule has 2 N–H and O–H groups in total. The number of pyridine rings is 1. The number of piperazine rings is 1. The van der Waals surface area contributed by atoms with Gasteiger partial charge in [0.25, 0.3) is 11.5 Å². The number of nitrogens with zero attached hydrogens (tertiary/aromatic N) is 4. The van der Waals surface area contributed by atoms with E-state index in [0.29, 0.717) is 26.2 Å². The third kappa shape index (κ3) is 5.04. The number of halogens is 4. The molecule has 4 rings (SSSR count). The van der Waals surface area contributed by atoms with Gasteiger partial charge in [0.2, 0.25) is 5.95 Å². The average molecular weight is 494 g/mol. The maximum absolute atomic E-state index is 15.2. The molecule has 0 radical (unpaired) electrons. The molecule has 0 unspecified atom stereocenters. The summed E-state index contributed by atoms with van der Waals surface area (Å²) in [5.41, 5.74) is -0.906. The van der Waals surface area contributed by atoms with Crippen molar-refractivity contribution in [3.63, 3.8) is 0 Å². The Labute approximate surface area is 196 Å². The molecule has 0 spiro atoms. The lowest BCUT2D eigenvalue weighted by Crippen LogP contribution is -2.46. The van der Waals surface area contributed by atoms with Crippen LogP contribution in [0, 0.1) is 18.7 Å². The first-order valence-electron chi connectivity index (χ1n) is 10.7. The fourth-order valence-corrected chi connectivity index (χ4v) is 3.93. The van der Waals surface area contributed by atoms with Gasteiger partial charge >= 0.3 is 6.61 Å². The topological polar surface area (TPSA) is 103 Å². The van der Waals surface area contributed by atoms with Gasteiger partial charge in [-0.05, 0) is 25.1 Å². The first-order valence-corrected chi connectivity index (χ1v) is 10.7. The predicted octanol–water partition coefficient (Wildman–Crippen LogP) is 2.19. The second-order valence-electron chi connectivity index (χ2n) is 7.95. The largest absolute Gasteiger partial charge is 0.432 e. The Morgan fingerprint density at radius 1 is 1.20 bits per heavy atom. The SMILES string of the molecule is CNC(=O)c1ccc(N2CCN(Cc3cc(OC(F)F)c4nc(C)c(=O)[nH]c4c3F)CC2)c(F)n1. The number of ether oxygens (including phenoxy) is 1. The number of aromatic nitrogens is 3. The Morgan fingerprint density at radius 3 is 2.54 bits per heavy atom. The Bertz CT molecular complexity index is 1320. The van der Waals surface area contributed by atoms with E-state index >= 15 is 4.39 Å². The van der Waals surface area contributed by atoms with E-state index in [-0.39, 0.29) is 46.0 Å². The maximum Gasteiger partial charge on any atom is 0.387 e. The number of benzene rings is 1. The van der Waals surface area contributed by atoms with Crippen LogP contribution in [0.1, 0.15) is 21.7 Å². The number of fused-ring (bicyclic) bond motifs is 1. The molecule has 0 bridgehead atoms. The third-order valence-electron chi connectivity index (χ3n) is 5.74. The number of alkyl halides is 2. The molecule has 3 heterocycles. The van der Waals surface area contributed by atoms with Gasteiger partial charge in [-0.15, -0.1) is 0 Å². The number of aromatic amines is 1. The van der Waals surface area contributed by atoms with Crippen LogP contribution >= 0.6 is 0 Å². The lowest BCUT2D eigenvalue weighted by atomic mass is 10.1. The van der Waals surface area contributed by atoms with E-state index in [0.717, 1.165) is 6.07 Å². The number of amides is 1. The summed E-state index contributed by atoms with van der Waals surface area (Å²) < 4.78 is 60.1. The summed E-state index contributed by atoms with van der Waals surface area (Å²) >= 11 is 0. The number of nitrogens with one attached hydrogen (secondary N) is 2. The Hall–Kier alpha value is -3.74. The van der Waals surface area contributed by atoms with E-state index in [9.17, 15) is 22.8 Å². The van der Waals surface area contributed by atoms with Crippen LogP contribution in [0.3, 0.4) is 0 Å². The first-order chi connectivity index (χ1) is 16.7. The average Bonchev–Trinajstić information content (AvgIpc) is 2.83. The molecule has 0 aliphatic carbocycles. The fourth-order valence-electron chi connectivity index (χ4n) is 3.93. The lowest BCUT2D eigenvalue weighted by Gasteiger charge is -2.36. The number of H-pyrrole nitrogens is 1. The highest BCUT2D eigenvalue weighted by Gasteiger charge is 2.24. The van der Waals surface area contributed by atoms with E-state index in [1.165, 1.54) is 26.1 Å². The van der Waals surface area contributed by atoms with Crippen LogP contribution in [0.25, 0.3) is 11.0 Å². The van der Waals surface area contributed by atoms with Gasteiger partial charge in [0, 0.05) is 45.3 Å². The standard InChI is InChI=1S/C22H22F4N6O3/c1-11-20(33)30-18-16(23)12(9-15(17(18)28-11)35-22(25)26)10-31-5-7-32(8-6-31)14-4-3-13(21(34)27-2)29-19(14)24/h3-4,9,22H,5-8,10H2,1-2H3,(H,27,34)(H,30,33). The number of hydrogen-bond acceptors (Lipinski definition) is 7. The Balaban J connectivity index is 1.53. The van der Waals surface area contributed by atoms with E-state index in [1.54, 1.807) is 4.90 Å². The monoisotopic (exact) mass is 494 g/mol. The molecule has 1 aromatic carbocycles. The molecule has 1 aliphatic rings. The van der Waals surface area contributed by atoms with Crippen molar-refractivity contribution in [3.8, 4) is 5.75 Å². The highest BCUT2D eigenvalue weighted by molar-refractivity contribution is 5.92. The predicted molar refractivity (Wildman–Crippen MR) is 119 cm³/mol. The van der Waals surface area contributed by atoms with E-state index in [2.05, 4.69) is 25.0 Å². The number of aryl methyl sites for hydroxylation is 1. The molecular formula is C22H22F4N6O3. The number of hydrogen-bond donors (Lipinski definition) is 2. The molecule has 3 aromatic rings. The molecule has 1 aliphatic heterocycles. The van der Waals surface area contributed by atoms with E-state index in [1.807, 2.05) is 4.90 Å². The molecular weight excluding hydrogens is 472 g/mol. The van der Waals surface area contributed by atoms with Gasteiger partial charge in [0.1, 0.15) is 22.4 Å². The Kier molecular flexibility index (Phi) is 6.87. The number of carbonyl (C=O) groups is 1. The quantitative estimate of drug-likeness (QED) is 0.400. The van der Waals surface area contributed by atoms with Crippen molar-refractivity contribution >= 4 is 22.6 Å². The van der Waals surface area contributed by atoms with Crippen molar-refractivity contribution in [3.05, 3.63) is 57.3 Å². The molecule has 2 aromatic heterocycles. The lowest BCUT2D eigenvalue weighted by molar-refractivity contribution is -0.0490. The summed E-state index contributed by atoms with van der Waals surface area (Å²) in [6.45, 7) is -0.172. The van der Waals surface area contributed by atoms with Crippen LogP contribution in [-0.4, -0.2) is 65.6 Å². The van der Waals surface area contributed by atoms with Crippen LogP contribution in [0.5, 0.6) is 5.75 Å². The molecule has 0 atom stereocenters. The van der Waals surface area contributed by atoms with Crippen LogP contribution in [-0.2, 0) is 6.54 Å². The van der Waals surface area contributed by atoms with Gasteiger partial charge < -0.3 is 19.9 Å². The normalized spacial score (nSPS) is 14.5. The van der Waals surface area contributed by atoms with Crippen LogP contribution in [0.4, 0.5) is 23.2 Å². The summed E-state index contributed by atoms with van der Waals surface area (Å²) in [4.78, 5) is 37.2. The molecule has 0 saturated carbocycles. The van der Waals surface area contributed by atoms with Crippen molar-refractivity contribution in [2.24, 2.45) is 0 Å². The first kappa shape index (κ1) is 24.4. The van der Waals surface area contributed by atoms with Gasteiger partial charge in [-0.25, -0.2) is 14.4 Å². The van der Waals surface area contributed by atoms with Gasteiger partial charge in [0.05, 0.1) is 5.69 Å². The summed E-state index contributed by atoms with van der Waals surface area (Å²) in [7, 11) is 1.42. The molecule has 35 heavy (non-hydrogen) atoms. The van der Waals surface area contributed by atoms with Crippen molar-refractivity contribution < 1.29 is 27.1 Å². The highest BCUT2D eigenvalue weighted by atomic mass is 19.3. The summed E-state index contributed by atoms with van der Waals surface area (Å²) in [6.07, 6.45) is 0. The molecule has 186 valence electrons. The Morgan fingerprint density at radius 2 is 1.91 bits per heavy atom. The number of carbonyl (C=O) groups excluding carboxylic acids is 1. The minimum absolute atomic E-state index is 0.00929. The van der Waals surface area contributed by atoms with Crippen molar-refractivity contribution in [2.45, 2.75) is 20.1 Å². The zero-order chi connectivity index (χ0) is 25.3. The number of anilines is 1. The second-order valence-corrected chi connectivity index (χ2v) is 7.95. The highest BCUT2D eigenvalue weighted by Crippen LogP contribution is 2.30. The van der Waals surface area contributed by atoms with Crippen molar-refractivity contribution in [1.82, 2.24) is 25.2 Å². The summed E-state index contributed by atoms with van der Waals surface area (Å²) in [5.74, 6) is -2.40. The molecule has 1 saturated heterocycles. The van der Waals surface area contributed by atoms with Crippen molar-refractivity contribution in [1.29, 1.82) is 0 Å². The van der Waals surface area contributed by atoms with E-state index in [4.69, 9.17) is 0 Å². The smallest absolute Gasteiger partial charge is 0.387 e. The zero-order valence-corrected chi connectivity index (χ0v) is 18.9. The minimum Gasteiger partial charge on any atom is -0.432 e. The minimum atomic E-state index is -3.16. The third-order valence-corrected chi connectivity index (χ3v) is 5.74. The van der Waals surface area contributed by atoms with Crippen LogP contribution in [0.15, 0.2) is 23.0 Å². The molecule has 1 fully saturated rings. The molecule has 13 heteroatoms. The summed E-state index contributed by atoms with van der Waals surface area (Å²) in [5, 5.41) is 2.38. The van der Waals surface area contributed by atoms with Gasteiger partial charge in [-0.1, -0.05) is 0 Å².